The Balaban J connectivity index is -0.0000000150. The number of rotatable bonds is 0. The molecule has 0 saturated heterocycles. The summed E-state index contributed by atoms with van der Waals surface area (Å²) in [5, 5.41) is 0. The van der Waals surface area contributed by atoms with Gasteiger partial charge in [-0.15, -0.1) is 0 Å². The Hall–Kier alpha value is 1.78. The molecule has 0 aliphatic rings. The molecule has 46 valence electrons. The molecule has 0 bridgehead atoms. The molecular weight excluding hydrogens is 330 g/mol. The van der Waals surface area contributed by atoms with Crippen LogP contribution in [0, 0.1) is 12.8 Å². The third kappa shape index (κ3) is 82.1. The Morgan fingerprint density at radius 1 is 1.14 bits per heavy atom. The van der Waals surface area contributed by atoms with Crippen molar-refractivity contribution in [1.29, 1.82) is 0 Å². The molecule has 3 heteroatoms. The summed E-state index contributed by atoms with van der Waals surface area (Å²) < 4.78 is 0. The van der Waals surface area contributed by atoms with Gasteiger partial charge in [0.15, 0.2) is 0 Å². The van der Waals surface area contributed by atoms with Gasteiger partial charge in [0, 0.05) is 24.4 Å². The number of hydrogen-bond acceptors (Lipinski definition) is 0. The van der Waals surface area contributed by atoms with Crippen molar-refractivity contribution in [2.45, 2.75) is 13.8 Å². The molecule has 0 aromatic rings. The quantitative estimate of drug-likeness (QED) is 0.389. The molecule has 0 N–H and O–H groups in total. The van der Waals surface area contributed by atoms with Crippen LogP contribution in [0.15, 0.2) is 0 Å². The average Bonchev–Trinajstić information content (AvgIpc) is 0.811. The number of hydrogen-bond donors (Lipinski definition) is 0. The van der Waals surface area contributed by atoms with Crippen molar-refractivity contribution in [2.75, 3.05) is 0 Å². The van der Waals surface area contributed by atoms with Crippen molar-refractivity contribution < 1.29 is 34.0 Å². The van der Waals surface area contributed by atoms with E-state index in [-0.39, 0.29) is 58.4 Å². The third-order valence-electron chi connectivity index (χ3n) is 0. The van der Waals surface area contributed by atoms with Gasteiger partial charge >= 0.3 is 0 Å². The molecule has 0 aromatic heterocycles. The van der Waals surface area contributed by atoms with E-state index in [1.807, 2.05) is 0 Å². The molecule has 0 amide bonds. The molecule has 0 spiro atoms. The van der Waals surface area contributed by atoms with Crippen LogP contribution in [0.1, 0.15) is 13.8 Å². The Labute approximate surface area is 84.4 Å². The number of halogens is 2. The fraction of sp³-hybridized carbons (Fsp3) is 0.750. The molecule has 7 heavy (non-hydrogen) atoms. The van der Waals surface area contributed by atoms with E-state index in [0.717, 1.165) is 0 Å². The fourth-order valence-electron chi connectivity index (χ4n) is 0. The molecule has 0 aromatic carbocycles. The van der Waals surface area contributed by atoms with Crippen molar-refractivity contribution in [3.63, 3.8) is 0 Å². The Morgan fingerprint density at radius 2 is 1.14 bits per heavy atom. The van der Waals surface area contributed by atoms with E-state index in [0.29, 0.717) is 5.92 Å². The predicted molar refractivity (Wildman–Crippen MR) is 25.9 cm³/mol. The molecular formula is C4H9Br2Sb-2. The van der Waals surface area contributed by atoms with Crippen LogP contribution in [0.2, 0.25) is 0 Å². The average molecular weight is 339 g/mol. The van der Waals surface area contributed by atoms with Gasteiger partial charge in [-0.1, -0.05) is 20.8 Å². The van der Waals surface area contributed by atoms with Crippen molar-refractivity contribution >= 4 is 24.4 Å². The second kappa shape index (κ2) is 15.7. The maximum atomic E-state index is 3.64. The van der Waals surface area contributed by atoms with Crippen LogP contribution in [0.5, 0.6) is 0 Å². The first-order chi connectivity index (χ1) is 1.73. The minimum absolute atomic E-state index is 0. The first kappa shape index (κ1) is 23.3. The van der Waals surface area contributed by atoms with E-state index < -0.39 is 0 Å². The van der Waals surface area contributed by atoms with Gasteiger partial charge in [0.1, 0.15) is 0 Å². The summed E-state index contributed by atoms with van der Waals surface area (Å²) >= 11 is 0. The smallest absolute Gasteiger partial charge is 0 e. The predicted octanol–water partition coefficient (Wildman–Crippen LogP) is -4.90. The van der Waals surface area contributed by atoms with Crippen molar-refractivity contribution in [3.05, 3.63) is 6.92 Å². The van der Waals surface area contributed by atoms with Crippen molar-refractivity contribution in [1.82, 2.24) is 0 Å². The van der Waals surface area contributed by atoms with Crippen molar-refractivity contribution in [2.24, 2.45) is 5.92 Å². The summed E-state index contributed by atoms with van der Waals surface area (Å²) in [4.78, 5) is 0. The van der Waals surface area contributed by atoms with Crippen molar-refractivity contribution in [3.8, 4) is 0 Å². The normalized spacial score (nSPS) is 5.14. The minimum Gasteiger partial charge on any atom is -1.00 e. The van der Waals surface area contributed by atoms with Crippen LogP contribution < -0.4 is 34.0 Å². The monoisotopic (exact) mass is 336 g/mol. The van der Waals surface area contributed by atoms with E-state index in [4.69, 9.17) is 0 Å². The van der Waals surface area contributed by atoms with E-state index in [1.54, 1.807) is 0 Å². The molecule has 0 rings (SSSR count). The van der Waals surface area contributed by atoms with E-state index in [1.165, 1.54) is 0 Å². The van der Waals surface area contributed by atoms with Gasteiger partial charge in [-0.05, 0) is 5.92 Å². The molecule has 0 nitrogen and oxygen atoms in total. The SMILES string of the molecule is [Br-].[Br-].[CH2]C(C)C.[Sb]. The van der Waals surface area contributed by atoms with Gasteiger partial charge in [-0.2, -0.15) is 0 Å². The molecule has 0 unspecified atom stereocenters. The van der Waals surface area contributed by atoms with Gasteiger partial charge in [0.05, 0.1) is 0 Å². The summed E-state index contributed by atoms with van der Waals surface area (Å²) in [6.07, 6.45) is 0. The molecule has 0 aliphatic heterocycles. The fourth-order valence-corrected chi connectivity index (χ4v) is 0. The van der Waals surface area contributed by atoms with Crippen LogP contribution in [0.3, 0.4) is 0 Å². The Bertz CT molecular complexity index is 14.4. The summed E-state index contributed by atoms with van der Waals surface area (Å²) in [5.41, 5.74) is 0. The molecule has 0 fully saturated rings. The summed E-state index contributed by atoms with van der Waals surface area (Å²) in [5.74, 6) is 0.583. The summed E-state index contributed by atoms with van der Waals surface area (Å²) in [6.45, 7) is 7.75. The summed E-state index contributed by atoms with van der Waals surface area (Å²) in [6, 6.07) is 0. The van der Waals surface area contributed by atoms with Crippen LogP contribution in [-0.4, -0.2) is 24.4 Å². The van der Waals surface area contributed by atoms with E-state index >= 15 is 0 Å². The first-order valence-electron chi connectivity index (χ1n) is 1.56. The van der Waals surface area contributed by atoms with Gasteiger partial charge < -0.3 is 34.0 Å². The Morgan fingerprint density at radius 3 is 1.14 bits per heavy atom. The molecule has 4 radical (unpaired) electrons. The third-order valence-corrected chi connectivity index (χ3v) is 0. The Kier molecular flexibility index (Phi) is 52.0. The van der Waals surface area contributed by atoms with E-state index in [2.05, 4.69) is 20.8 Å². The molecule has 0 atom stereocenters. The van der Waals surface area contributed by atoms with Crippen LogP contribution in [0.4, 0.5) is 0 Å². The molecule has 0 aliphatic carbocycles. The maximum absolute atomic E-state index is 3.64. The zero-order chi connectivity index (χ0) is 3.58. The first-order valence-corrected chi connectivity index (χ1v) is 1.56. The largest absolute Gasteiger partial charge is 1.00 e. The van der Waals surface area contributed by atoms with Crippen LogP contribution in [-0.2, 0) is 0 Å². The van der Waals surface area contributed by atoms with Crippen LogP contribution >= 0.6 is 0 Å². The maximum Gasteiger partial charge on any atom is 0 e. The second-order valence-electron chi connectivity index (χ2n) is 1.39. The van der Waals surface area contributed by atoms with Gasteiger partial charge in [0.25, 0.3) is 0 Å². The van der Waals surface area contributed by atoms with Gasteiger partial charge in [0.2, 0.25) is 0 Å². The summed E-state index contributed by atoms with van der Waals surface area (Å²) in [7, 11) is 0. The zero-order valence-electron chi connectivity index (χ0n) is 4.49. The standard InChI is InChI=1S/C4H9.2BrH.Sb/c1-4(2)3;;;/h4H,1H2,2-3H3;2*1H;/p-2. The topological polar surface area (TPSA) is 0 Å². The van der Waals surface area contributed by atoms with Gasteiger partial charge in [-0.25, -0.2) is 0 Å². The zero-order valence-corrected chi connectivity index (χ0v) is 10.2. The molecule has 0 heterocycles. The van der Waals surface area contributed by atoms with Crippen LogP contribution in [0.25, 0.3) is 0 Å². The second-order valence-corrected chi connectivity index (χ2v) is 1.39. The molecule has 0 saturated carbocycles. The van der Waals surface area contributed by atoms with Gasteiger partial charge in [-0.3, -0.25) is 0 Å². The van der Waals surface area contributed by atoms with E-state index in [9.17, 15) is 0 Å². The minimum atomic E-state index is 0.